The van der Waals surface area contributed by atoms with E-state index in [1.807, 2.05) is 0 Å². The van der Waals surface area contributed by atoms with Crippen LogP contribution >= 0.6 is 0 Å². The normalized spacial score (nSPS) is 14.3. The van der Waals surface area contributed by atoms with Crippen molar-refractivity contribution in [2.75, 3.05) is 0 Å². The molecule has 3 aromatic rings. The van der Waals surface area contributed by atoms with Gasteiger partial charge in [0.1, 0.15) is 5.75 Å². The molecular formula is C23H15N5O7. The largest absolute Gasteiger partial charge is 0.507 e. The number of nitro benzene ring substituents is 2. The summed E-state index contributed by atoms with van der Waals surface area (Å²) in [5.41, 5.74) is 1.41. The van der Waals surface area contributed by atoms with E-state index >= 15 is 0 Å². The van der Waals surface area contributed by atoms with Gasteiger partial charge >= 0.3 is 5.97 Å². The molecular weight excluding hydrogens is 458 g/mol. The lowest BCUT2D eigenvalue weighted by Gasteiger charge is -2.02. The average Bonchev–Trinajstić information content (AvgIpc) is 3.20. The maximum atomic E-state index is 12.3. The third-order valence-corrected chi connectivity index (χ3v) is 4.89. The number of aliphatic imine (C=N–C) groups is 1. The lowest BCUT2D eigenvalue weighted by molar-refractivity contribution is -0.385. The molecule has 0 fully saturated rings. The first kappa shape index (κ1) is 22.9. The first-order valence-electron chi connectivity index (χ1n) is 9.98. The number of azo groups is 1. The van der Waals surface area contributed by atoms with Gasteiger partial charge in [-0.25, -0.2) is 9.79 Å². The number of non-ortho nitro benzene ring substituents is 2. The van der Waals surface area contributed by atoms with Crippen LogP contribution in [0.3, 0.4) is 0 Å². The summed E-state index contributed by atoms with van der Waals surface area (Å²) in [6.07, 6.45) is 1.29. The number of nitro groups is 2. The van der Waals surface area contributed by atoms with Gasteiger partial charge < -0.3 is 9.84 Å². The summed E-state index contributed by atoms with van der Waals surface area (Å²) >= 11 is 0. The van der Waals surface area contributed by atoms with E-state index in [4.69, 9.17) is 4.74 Å². The van der Waals surface area contributed by atoms with Gasteiger partial charge in [-0.1, -0.05) is 6.07 Å². The Balaban J connectivity index is 1.61. The number of hydrogen-bond donors (Lipinski definition) is 1. The fourth-order valence-electron chi connectivity index (χ4n) is 3.13. The Morgan fingerprint density at radius 3 is 2.43 bits per heavy atom. The molecule has 0 amide bonds. The molecule has 0 aromatic heterocycles. The number of carbonyl (C=O) groups excluding carboxylic acids is 1. The summed E-state index contributed by atoms with van der Waals surface area (Å²) in [6, 6.07) is 14.0. The van der Waals surface area contributed by atoms with Crippen LogP contribution in [0.2, 0.25) is 0 Å². The van der Waals surface area contributed by atoms with E-state index in [0.29, 0.717) is 16.9 Å². The number of phenols is 1. The smallest absolute Gasteiger partial charge is 0.363 e. The van der Waals surface area contributed by atoms with Gasteiger partial charge in [0.05, 0.1) is 21.2 Å². The molecule has 1 aliphatic rings. The van der Waals surface area contributed by atoms with E-state index in [9.17, 15) is 30.1 Å². The molecule has 1 aliphatic heterocycles. The standard InChI is InChI=1S/C23H15N5O7/c1-13-9-18(28(33)34)6-7-19(13)26-25-16-5-8-21(29)15(10-16)12-20-23(30)35-22(24-20)14-3-2-4-17(11-14)27(31)32/h2-12,29H,1H3/b20-12+,26-25?. The summed E-state index contributed by atoms with van der Waals surface area (Å²) in [4.78, 5) is 37.2. The minimum absolute atomic E-state index is 0.0616. The van der Waals surface area contributed by atoms with Crippen molar-refractivity contribution in [1.82, 2.24) is 0 Å². The molecule has 1 heterocycles. The zero-order valence-corrected chi connectivity index (χ0v) is 18.0. The van der Waals surface area contributed by atoms with Gasteiger partial charge in [-0.2, -0.15) is 10.2 Å². The van der Waals surface area contributed by atoms with Crippen LogP contribution in [0.4, 0.5) is 22.7 Å². The van der Waals surface area contributed by atoms with Gasteiger partial charge in [0.2, 0.25) is 5.90 Å². The van der Waals surface area contributed by atoms with E-state index in [0.717, 1.165) is 0 Å². The number of aromatic hydroxyl groups is 1. The van der Waals surface area contributed by atoms with Crippen molar-refractivity contribution >= 4 is 40.7 Å². The number of benzene rings is 3. The lowest BCUT2D eigenvalue weighted by Crippen LogP contribution is -2.05. The average molecular weight is 473 g/mol. The molecule has 4 rings (SSSR count). The fraction of sp³-hybridized carbons (Fsp3) is 0.0435. The molecule has 0 radical (unpaired) electrons. The molecule has 0 bridgehead atoms. The second-order valence-electron chi connectivity index (χ2n) is 7.31. The first-order valence-corrected chi connectivity index (χ1v) is 9.98. The quantitative estimate of drug-likeness (QED) is 0.167. The van der Waals surface area contributed by atoms with Gasteiger partial charge in [0.25, 0.3) is 11.4 Å². The maximum absolute atomic E-state index is 12.3. The van der Waals surface area contributed by atoms with Crippen molar-refractivity contribution in [3.63, 3.8) is 0 Å². The minimum atomic E-state index is -0.792. The summed E-state index contributed by atoms with van der Waals surface area (Å²) in [5.74, 6) is -1.05. The Kier molecular flexibility index (Phi) is 6.10. The van der Waals surface area contributed by atoms with Crippen LogP contribution in [-0.4, -0.2) is 26.8 Å². The van der Waals surface area contributed by atoms with Crippen LogP contribution in [0.15, 0.2) is 81.6 Å². The maximum Gasteiger partial charge on any atom is 0.363 e. The van der Waals surface area contributed by atoms with E-state index in [2.05, 4.69) is 15.2 Å². The highest BCUT2D eigenvalue weighted by atomic mass is 16.6. The van der Waals surface area contributed by atoms with Crippen molar-refractivity contribution in [1.29, 1.82) is 0 Å². The number of carbonyl (C=O) groups is 1. The molecule has 12 heteroatoms. The molecule has 0 saturated carbocycles. The number of rotatable bonds is 6. The van der Waals surface area contributed by atoms with Crippen LogP contribution in [0.5, 0.6) is 5.75 Å². The van der Waals surface area contributed by atoms with Crippen molar-refractivity contribution in [2.45, 2.75) is 6.92 Å². The highest BCUT2D eigenvalue weighted by Gasteiger charge is 2.25. The number of ether oxygens (including phenoxy) is 1. The zero-order valence-electron chi connectivity index (χ0n) is 18.0. The summed E-state index contributed by atoms with van der Waals surface area (Å²) < 4.78 is 5.13. The molecule has 0 atom stereocenters. The van der Waals surface area contributed by atoms with Gasteiger partial charge in [0, 0.05) is 35.4 Å². The van der Waals surface area contributed by atoms with Gasteiger partial charge in [-0.05, 0) is 48.9 Å². The number of esters is 1. The Morgan fingerprint density at radius 1 is 0.971 bits per heavy atom. The topological polar surface area (TPSA) is 170 Å². The molecule has 0 saturated heterocycles. The molecule has 174 valence electrons. The number of hydrogen-bond acceptors (Lipinski definition) is 10. The van der Waals surface area contributed by atoms with Crippen LogP contribution in [0, 0.1) is 27.2 Å². The monoisotopic (exact) mass is 473 g/mol. The third kappa shape index (κ3) is 5.06. The zero-order chi connectivity index (χ0) is 25.1. The highest BCUT2D eigenvalue weighted by molar-refractivity contribution is 6.13. The van der Waals surface area contributed by atoms with E-state index < -0.39 is 15.8 Å². The lowest BCUT2D eigenvalue weighted by atomic mass is 10.1. The predicted octanol–water partition coefficient (Wildman–Crippen LogP) is 5.28. The molecule has 1 N–H and O–H groups in total. The second kappa shape index (κ2) is 9.31. The van der Waals surface area contributed by atoms with Crippen LogP contribution in [0.1, 0.15) is 16.7 Å². The Labute approximate surface area is 196 Å². The van der Waals surface area contributed by atoms with Crippen molar-refractivity contribution in [3.8, 4) is 5.75 Å². The number of cyclic esters (lactones) is 1. The molecule has 3 aromatic carbocycles. The van der Waals surface area contributed by atoms with Crippen molar-refractivity contribution in [3.05, 3.63) is 103 Å². The van der Waals surface area contributed by atoms with Gasteiger partial charge in [-0.3, -0.25) is 20.2 Å². The highest BCUT2D eigenvalue weighted by Crippen LogP contribution is 2.30. The molecule has 0 unspecified atom stereocenters. The van der Waals surface area contributed by atoms with E-state index in [1.165, 1.54) is 66.7 Å². The fourth-order valence-corrected chi connectivity index (χ4v) is 3.13. The number of phenolic OH excluding ortho intramolecular Hbond substituents is 1. The number of aryl methyl sites for hydroxylation is 1. The molecule has 0 aliphatic carbocycles. The predicted molar refractivity (Wildman–Crippen MR) is 124 cm³/mol. The van der Waals surface area contributed by atoms with Gasteiger partial charge in [0.15, 0.2) is 5.70 Å². The minimum Gasteiger partial charge on any atom is -0.507 e. The SMILES string of the molecule is Cc1cc([N+](=O)[O-])ccc1N=Nc1ccc(O)c(/C=C2/N=C(c3cccc([N+](=O)[O-])c3)OC2=O)c1. The third-order valence-electron chi connectivity index (χ3n) is 4.89. The van der Waals surface area contributed by atoms with E-state index in [1.54, 1.807) is 6.92 Å². The molecule has 35 heavy (non-hydrogen) atoms. The Bertz CT molecular complexity index is 1480. The molecule has 0 spiro atoms. The van der Waals surface area contributed by atoms with Crippen molar-refractivity contribution < 1.29 is 24.5 Å². The van der Waals surface area contributed by atoms with E-state index in [-0.39, 0.29) is 39.8 Å². The Morgan fingerprint density at radius 2 is 1.71 bits per heavy atom. The summed E-state index contributed by atoms with van der Waals surface area (Å²) in [7, 11) is 0. The Hall–Kier alpha value is -5.26. The van der Waals surface area contributed by atoms with Crippen LogP contribution in [0.25, 0.3) is 6.08 Å². The van der Waals surface area contributed by atoms with Crippen molar-refractivity contribution in [2.24, 2.45) is 15.2 Å². The summed E-state index contributed by atoms with van der Waals surface area (Å²) in [6.45, 7) is 1.66. The van der Waals surface area contributed by atoms with Crippen LogP contribution in [-0.2, 0) is 9.53 Å². The second-order valence-corrected chi connectivity index (χ2v) is 7.31. The van der Waals surface area contributed by atoms with Gasteiger partial charge in [-0.15, -0.1) is 0 Å². The summed E-state index contributed by atoms with van der Waals surface area (Å²) in [5, 5.41) is 40.3. The first-order chi connectivity index (χ1) is 16.7. The number of nitrogens with zero attached hydrogens (tertiary/aromatic N) is 5. The molecule has 12 nitrogen and oxygen atoms in total. The van der Waals surface area contributed by atoms with Crippen LogP contribution < -0.4 is 0 Å².